The molecule has 0 aromatic heterocycles. The maximum Gasteiger partial charge on any atom is 0.264 e. The van der Waals surface area contributed by atoms with Crippen LogP contribution in [0.5, 0.6) is 5.75 Å². The zero-order valence-electron chi connectivity index (χ0n) is 24.3. The summed E-state index contributed by atoms with van der Waals surface area (Å²) in [5, 5.41) is 2.95. The van der Waals surface area contributed by atoms with Crippen molar-refractivity contribution in [2.45, 2.75) is 64.6 Å². The smallest absolute Gasteiger partial charge is 0.264 e. The van der Waals surface area contributed by atoms with E-state index >= 15 is 0 Å². The van der Waals surface area contributed by atoms with Crippen molar-refractivity contribution in [3.8, 4) is 5.75 Å². The number of ether oxygens (including phenoxy) is 1. The Balaban J connectivity index is 2.06. The number of hydrogen-bond donors (Lipinski definition) is 1. The van der Waals surface area contributed by atoms with Crippen LogP contribution >= 0.6 is 15.9 Å². The lowest BCUT2D eigenvalue weighted by Crippen LogP contribution is -2.52. The summed E-state index contributed by atoms with van der Waals surface area (Å²) in [4.78, 5) is 28.7. The molecule has 3 rings (SSSR count). The predicted molar refractivity (Wildman–Crippen MR) is 165 cm³/mol. The van der Waals surface area contributed by atoms with E-state index in [1.807, 2.05) is 52.0 Å². The molecular weight excluding hydrogens is 606 g/mol. The lowest BCUT2D eigenvalue weighted by atomic mass is 10.1. The third-order valence-electron chi connectivity index (χ3n) is 7.08. The van der Waals surface area contributed by atoms with Gasteiger partial charge in [0.05, 0.1) is 22.2 Å². The first kappa shape index (κ1) is 32.1. The number of carbonyl (C=O) groups excluding carboxylic acids is 2. The average molecular weight is 645 g/mol. The molecule has 0 fully saturated rings. The fourth-order valence-electron chi connectivity index (χ4n) is 4.19. The zero-order valence-corrected chi connectivity index (χ0v) is 26.8. The second-order valence-electron chi connectivity index (χ2n) is 10.1. The van der Waals surface area contributed by atoms with Crippen LogP contribution in [0.2, 0.25) is 0 Å². The van der Waals surface area contributed by atoms with E-state index in [-0.39, 0.29) is 23.4 Å². The number of nitrogens with one attached hydrogen (secondary N) is 1. The molecule has 0 aliphatic carbocycles. The molecular formula is C31H38BrN3O5S. The highest BCUT2D eigenvalue weighted by Crippen LogP contribution is 2.31. The molecule has 0 heterocycles. The van der Waals surface area contributed by atoms with E-state index < -0.39 is 28.5 Å². The summed E-state index contributed by atoms with van der Waals surface area (Å²) in [6, 6.07) is 18.1. The van der Waals surface area contributed by atoms with Crippen LogP contribution in [0.25, 0.3) is 0 Å². The monoisotopic (exact) mass is 643 g/mol. The standard InChI is InChI=1S/C31H38BrN3O5S/c1-7-23(4)33-31(37)24(5)34(19-25-11-9-8-10-22(25)3)30(36)20-35(26-14-12-21(2)13-15-26)41(38,39)27-16-17-29(40-6)28(32)18-27/h8-18,23-24H,7,19-20H2,1-6H3,(H,33,37)/t23-,24+/m0/s1. The first-order chi connectivity index (χ1) is 19.4. The SMILES string of the molecule is CC[C@H](C)NC(=O)[C@@H](C)N(Cc1ccccc1C)C(=O)CN(c1ccc(C)cc1)S(=O)(=O)c1ccc(OC)c(Br)c1. The molecule has 0 saturated heterocycles. The fourth-order valence-corrected chi connectivity index (χ4v) is 6.33. The molecule has 10 heteroatoms. The van der Waals surface area contributed by atoms with Gasteiger partial charge in [0.1, 0.15) is 18.3 Å². The van der Waals surface area contributed by atoms with Crippen molar-refractivity contribution in [3.05, 3.63) is 87.9 Å². The van der Waals surface area contributed by atoms with Crippen molar-refractivity contribution in [2.75, 3.05) is 18.0 Å². The van der Waals surface area contributed by atoms with E-state index in [1.54, 1.807) is 37.3 Å². The van der Waals surface area contributed by atoms with E-state index in [0.717, 1.165) is 27.4 Å². The van der Waals surface area contributed by atoms with Gasteiger partial charge in [-0.3, -0.25) is 13.9 Å². The lowest BCUT2D eigenvalue weighted by Gasteiger charge is -2.33. The van der Waals surface area contributed by atoms with Crippen LogP contribution in [0.1, 0.15) is 43.9 Å². The third-order valence-corrected chi connectivity index (χ3v) is 9.47. The topological polar surface area (TPSA) is 96.0 Å². The minimum atomic E-state index is -4.19. The number of amides is 2. The van der Waals surface area contributed by atoms with Crippen LogP contribution in [0.3, 0.4) is 0 Å². The van der Waals surface area contributed by atoms with Crippen LogP contribution in [0.15, 0.2) is 76.1 Å². The summed E-state index contributed by atoms with van der Waals surface area (Å²) in [6.07, 6.45) is 0.737. The second kappa shape index (κ2) is 14.0. The number of carbonyl (C=O) groups is 2. The Morgan fingerprint density at radius 1 is 1.00 bits per heavy atom. The van der Waals surface area contributed by atoms with Gasteiger partial charge in [-0.25, -0.2) is 8.42 Å². The molecule has 0 bridgehead atoms. The summed E-state index contributed by atoms with van der Waals surface area (Å²) in [6.45, 7) is 9.02. The van der Waals surface area contributed by atoms with E-state index in [9.17, 15) is 18.0 Å². The molecule has 41 heavy (non-hydrogen) atoms. The Morgan fingerprint density at radius 2 is 1.66 bits per heavy atom. The van der Waals surface area contributed by atoms with Crippen molar-refractivity contribution in [2.24, 2.45) is 0 Å². The first-order valence-corrected chi connectivity index (χ1v) is 15.7. The average Bonchev–Trinajstić information content (AvgIpc) is 2.95. The van der Waals surface area contributed by atoms with Gasteiger partial charge < -0.3 is 15.0 Å². The predicted octanol–water partition coefficient (Wildman–Crippen LogP) is 5.60. The summed E-state index contributed by atoms with van der Waals surface area (Å²) in [5.74, 6) is -0.325. The highest BCUT2D eigenvalue weighted by Gasteiger charge is 2.33. The quantitative estimate of drug-likeness (QED) is 0.277. The third kappa shape index (κ3) is 7.89. The van der Waals surface area contributed by atoms with Crippen molar-refractivity contribution in [3.63, 3.8) is 0 Å². The number of halogens is 1. The summed E-state index contributed by atoms with van der Waals surface area (Å²) in [5.41, 5.74) is 3.11. The number of aryl methyl sites for hydroxylation is 2. The van der Waals surface area contributed by atoms with Crippen molar-refractivity contribution in [1.82, 2.24) is 10.2 Å². The van der Waals surface area contributed by atoms with Crippen molar-refractivity contribution < 1.29 is 22.7 Å². The summed E-state index contributed by atoms with van der Waals surface area (Å²) < 4.78 is 34.9. The zero-order chi connectivity index (χ0) is 30.3. The number of methoxy groups -OCH3 is 1. The van der Waals surface area contributed by atoms with E-state index in [1.165, 1.54) is 24.1 Å². The molecule has 220 valence electrons. The maximum atomic E-state index is 14.1. The molecule has 0 spiro atoms. The molecule has 8 nitrogen and oxygen atoms in total. The fraction of sp³-hybridized carbons (Fsp3) is 0.355. The molecule has 0 radical (unpaired) electrons. The molecule has 0 unspecified atom stereocenters. The highest BCUT2D eigenvalue weighted by molar-refractivity contribution is 9.10. The second-order valence-corrected chi connectivity index (χ2v) is 12.8. The van der Waals surface area contributed by atoms with Gasteiger partial charge in [0.2, 0.25) is 11.8 Å². The molecule has 2 atom stereocenters. The Hall–Kier alpha value is -3.37. The Labute approximate surface area is 251 Å². The van der Waals surface area contributed by atoms with Gasteiger partial charge in [-0.15, -0.1) is 0 Å². The van der Waals surface area contributed by atoms with Crippen LogP contribution in [-0.4, -0.2) is 50.9 Å². The molecule has 0 aliphatic heterocycles. The number of nitrogens with zero attached hydrogens (tertiary/aromatic N) is 2. The van der Waals surface area contributed by atoms with E-state index in [2.05, 4.69) is 21.2 Å². The van der Waals surface area contributed by atoms with E-state index in [4.69, 9.17) is 4.74 Å². The van der Waals surface area contributed by atoms with Gasteiger partial charge in [0.25, 0.3) is 10.0 Å². The largest absolute Gasteiger partial charge is 0.496 e. The van der Waals surface area contributed by atoms with Crippen LogP contribution in [0, 0.1) is 13.8 Å². The summed E-state index contributed by atoms with van der Waals surface area (Å²) >= 11 is 3.37. The Morgan fingerprint density at radius 3 is 2.24 bits per heavy atom. The van der Waals surface area contributed by atoms with Gasteiger partial charge in [0.15, 0.2) is 0 Å². The highest BCUT2D eigenvalue weighted by atomic mass is 79.9. The van der Waals surface area contributed by atoms with Crippen molar-refractivity contribution >= 4 is 43.5 Å². The number of sulfonamides is 1. The molecule has 1 N–H and O–H groups in total. The number of anilines is 1. The Bertz CT molecular complexity index is 1480. The van der Waals surface area contributed by atoms with Gasteiger partial charge in [-0.1, -0.05) is 48.9 Å². The summed E-state index contributed by atoms with van der Waals surface area (Å²) in [7, 11) is -2.70. The van der Waals surface area contributed by atoms with Crippen LogP contribution in [0.4, 0.5) is 5.69 Å². The van der Waals surface area contributed by atoms with Crippen LogP contribution < -0.4 is 14.4 Å². The van der Waals surface area contributed by atoms with Gasteiger partial charge in [-0.05, 0) is 91.5 Å². The number of benzene rings is 3. The Kier molecular flexibility index (Phi) is 11.0. The molecule has 3 aromatic rings. The number of rotatable bonds is 12. The van der Waals surface area contributed by atoms with Gasteiger partial charge >= 0.3 is 0 Å². The normalized spacial score (nSPS) is 12.8. The van der Waals surface area contributed by atoms with Crippen LogP contribution in [-0.2, 0) is 26.2 Å². The molecule has 2 amide bonds. The molecule has 3 aromatic carbocycles. The van der Waals surface area contributed by atoms with Gasteiger partial charge in [0, 0.05) is 12.6 Å². The molecule has 0 saturated carbocycles. The van der Waals surface area contributed by atoms with E-state index in [0.29, 0.717) is 15.9 Å². The maximum absolute atomic E-state index is 14.1. The number of hydrogen-bond acceptors (Lipinski definition) is 5. The minimum absolute atomic E-state index is 0.00781. The van der Waals surface area contributed by atoms with Crippen molar-refractivity contribution in [1.29, 1.82) is 0 Å². The molecule has 0 aliphatic rings. The lowest BCUT2D eigenvalue weighted by molar-refractivity contribution is -0.139. The minimum Gasteiger partial charge on any atom is -0.496 e. The first-order valence-electron chi connectivity index (χ1n) is 13.5. The van der Waals surface area contributed by atoms with Gasteiger partial charge in [-0.2, -0.15) is 0 Å².